The number of carbonyl (C=O) groups is 2. The third-order valence-electron chi connectivity index (χ3n) is 5.39. The first-order valence-corrected chi connectivity index (χ1v) is 9.10. The lowest BCUT2D eigenvalue weighted by atomic mass is 9.78. The Morgan fingerprint density at radius 2 is 2.04 bits per heavy atom. The van der Waals surface area contributed by atoms with Gasteiger partial charge in [0.05, 0.1) is 12.0 Å². The van der Waals surface area contributed by atoms with Crippen molar-refractivity contribution in [3.05, 3.63) is 35.6 Å². The number of benzene rings is 1. The van der Waals surface area contributed by atoms with Crippen LogP contribution in [0, 0.1) is 11.2 Å². The summed E-state index contributed by atoms with van der Waals surface area (Å²) in [5.41, 5.74) is 0.396. The third kappa shape index (κ3) is 3.98. The molecule has 1 spiro atoms. The molecule has 3 amide bonds. The molecule has 0 radical (unpaired) electrons. The summed E-state index contributed by atoms with van der Waals surface area (Å²) in [6, 6.07) is 5.88. The van der Waals surface area contributed by atoms with Gasteiger partial charge in [0.15, 0.2) is 0 Å². The van der Waals surface area contributed by atoms with Crippen LogP contribution in [0.2, 0.25) is 0 Å². The van der Waals surface area contributed by atoms with Crippen LogP contribution in [-0.4, -0.2) is 61.6 Å². The van der Waals surface area contributed by atoms with Crippen LogP contribution in [-0.2, 0) is 16.1 Å². The number of hydrogen-bond acceptors (Lipinski definition) is 3. The Kier molecular flexibility index (Phi) is 5.76. The van der Waals surface area contributed by atoms with Gasteiger partial charge in [-0.1, -0.05) is 12.1 Å². The number of nitrogens with zero attached hydrogens (tertiary/aromatic N) is 2. The molecule has 2 heterocycles. The van der Waals surface area contributed by atoms with E-state index in [2.05, 4.69) is 5.32 Å². The summed E-state index contributed by atoms with van der Waals surface area (Å²) in [5.74, 6) is -0.148. The number of amides is 3. The van der Waals surface area contributed by atoms with Crippen LogP contribution in [0.5, 0.6) is 0 Å². The molecule has 2 saturated heterocycles. The van der Waals surface area contributed by atoms with Crippen molar-refractivity contribution < 1.29 is 18.7 Å². The van der Waals surface area contributed by atoms with Gasteiger partial charge in [-0.25, -0.2) is 9.18 Å². The van der Waals surface area contributed by atoms with E-state index in [0.717, 1.165) is 24.9 Å². The van der Waals surface area contributed by atoms with E-state index in [9.17, 15) is 14.0 Å². The first-order valence-electron chi connectivity index (χ1n) is 9.10. The summed E-state index contributed by atoms with van der Waals surface area (Å²) >= 11 is 0. The topological polar surface area (TPSA) is 61.9 Å². The molecule has 0 saturated carbocycles. The average Bonchev–Trinajstić information content (AvgIpc) is 3.07. The monoisotopic (exact) mass is 363 g/mol. The number of piperidine rings is 1. The third-order valence-corrected chi connectivity index (χ3v) is 5.39. The minimum atomic E-state index is -0.445. The maximum atomic E-state index is 12.9. The molecule has 1 unspecified atom stereocenters. The SMILES string of the molecule is COCCN1CCCC2(CCN(C(=O)NCc3ccc(F)cc3)C2)C1=O. The van der Waals surface area contributed by atoms with E-state index in [0.29, 0.717) is 39.2 Å². The highest BCUT2D eigenvalue weighted by molar-refractivity contribution is 5.85. The van der Waals surface area contributed by atoms with E-state index in [1.165, 1.54) is 12.1 Å². The highest BCUT2D eigenvalue weighted by atomic mass is 19.1. The van der Waals surface area contributed by atoms with E-state index < -0.39 is 5.41 Å². The molecule has 1 N–H and O–H groups in total. The van der Waals surface area contributed by atoms with Crippen LogP contribution in [0.3, 0.4) is 0 Å². The Labute approximate surface area is 153 Å². The number of hydrogen-bond donors (Lipinski definition) is 1. The van der Waals surface area contributed by atoms with Gasteiger partial charge in [-0.3, -0.25) is 4.79 Å². The second-order valence-electron chi connectivity index (χ2n) is 7.13. The van der Waals surface area contributed by atoms with E-state index in [4.69, 9.17) is 4.74 Å². The van der Waals surface area contributed by atoms with Crippen LogP contribution < -0.4 is 5.32 Å². The average molecular weight is 363 g/mol. The fourth-order valence-corrected chi connectivity index (χ4v) is 3.88. The first kappa shape index (κ1) is 18.6. The Balaban J connectivity index is 1.55. The number of nitrogens with one attached hydrogen (secondary N) is 1. The number of rotatable bonds is 5. The highest BCUT2D eigenvalue weighted by Gasteiger charge is 2.49. The first-order chi connectivity index (χ1) is 12.5. The summed E-state index contributed by atoms with van der Waals surface area (Å²) in [5, 5.41) is 2.86. The normalized spacial score (nSPS) is 22.9. The van der Waals surface area contributed by atoms with Crippen LogP contribution in [0.1, 0.15) is 24.8 Å². The van der Waals surface area contributed by atoms with Crippen molar-refractivity contribution in [3.63, 3.8) is 0 Å². The lowest BCUT2D eigenvalue weighted by Crippen LogP contribution is -2.51. The quantitative estimate of drug-likeness (QED) is 0.870. The fraction of sp³-hybridized carbons (Fsp3) is 0.579. The lowest BCUT2D eigenvalue weighted by molar-refractivity contribution is -0.146. The smallest absolute Gasteiger partial charge is 0.317 e. The highest BCUT2D eigenvalue weighted by Crippen LogP contribution is 2.40. The van der Waals surface area contributed by atoms with Crippen molar-refractivity contribution in [2.75, 3.05) is 39.9 Å². The van der Waals surface area contributed by atoms with Gasteiger partial charge >= 0.3 is 6.03 Å². The number of ether oxygens (including phenoxy) is 1. The Hall–Kier alpha value is -2.15. The number of halogens is 1. The van der Waals surface area contributed by atoms with E-state index >= 15 is 0 Å². The molecule has 0 aromatic heterocycles. The van der Waals surface area contributed by atoms with Crippen LogP contribution >= 0.6 is 0 Å². The Bertz CT molecular complexity index is 652. The largest absolute Gasteiger partial charge is 0.383 e. The fourth-order valence-electron chi connectivity index (χ4n) is 3.88. The zero-order chi connectivity index (χ0) is 18.6. The molecule has 2 aliphatic rings. The molecular formula is C19H26FN3O3. The molecular weight excluding hydrogens is 337 g/mol. The van der Waals surface area contributed by atoms with Crippen LogP contribution in [0.15, 0.2) is 24.3 Å². The molecule has 1 atom stereocenters. The second-order valence-corrected chi connectivity index (χ2v) is 7.13. The van der Waals surface area contributed by atoms with Gasteiger partial charge in [-0.05, 0) is 37.0 Å². The molecule has 142 valence electrons. The number of methoxy groups -OCH3 is 1. The van der Waals surface area contributed by atoms with Gasteiger partial charge in [0.25, 0.3) is 0 Å². The maximum Gasteiger partial charge on any atom is 0.317 e. The van der Waals surface area contributed by atoms with Crippen LogP contribution in [0.4, 0.5) is 9.18 Å². The molecule has 26 heavy (non-hydrogen) atoms. The summed E-state index contributed by atoms with van der Waals surface area (Å²) in [4.78, 5) is 29.0. The van der Waals surface area contributed by atoms with Crippen molar-refractivity contribution in [1.29, 1.82) is 0 Å². The standard InChI is InChI=1S/C19H26FN3O3/c1-26-12-11-22-9-2-7-19(17(22)24)8-10-23(14-19)18(25)21-13-15-3-5-16(20)6-4-15/h3-6H,2,7-14H2,1H3,(H,21,25). The molecule has 6 nitrogen and oxygen atoms in total. The van der Waals surface area contributed by atoms with E-state index in [1.54, 1.807) is 24.1 Å². The van der Waals surface area contributed by atoms with Gasteiger partial charge in [0.1, 0.15) is 5.82 Å². The van der Waals surface area contributed by atoms with Gasteiger partial charge in [-0.2, -0.15) is 0 Å². The minimum absolute atomic E-state index is 0.148. The molecule has 0 bridgehead atoms. The molecule has 1 aromatic rings. The molecule has 2 aliphatic heterocycles. The predicted molar refractivity (Wildman–Crippen MR) is 94.9 cm³/mol. The lowest BCUT2D eigenvalue weighted by Gasteiger charge is -2.39. The molecule has 1 aromatic carbocycles. The Morgan fingerprint density at radius 3 is 2.77 bits per heavy atom. The minimum Gasteiger partial charge on any atom is -0.383 e. The van der Waals surface area contributed by atoms with Gasteiger partial charge in [0.2, 0.25) is 5.91 Å². The van der Waals surface area contributed by atoms with Crippen molar-refractivity contribution in [3.8, 4) is 0 Å². The second kappa shape index (κ2) is 8.03. The van der Waals surface area contributed by atoms with Crippen molar-refractivity contribution in [2.24, 2.45) is 5.41 Å². The number of carbonyl (C=O) groups excluding carboxylic acids is 2. The summed E-state index contributed by atoms with van der Waals surface area (Å²) in [7, 11) is 1.63. The molecule has 3 rings (SSSR count). The predicted octanol–water partition coefficient (Wildman–Crippen LogP) is 2.00. The number of urea groups is 1. The zero-order valence-electron chi connectivity index (χ0n) is 15.2. The summed E-state index contributed by atoms with van der Waals surface area (Å²) in [6.07, 6.45) is 2.50. The summed E-state index contributed by atoms with van der Waals surface area (Å²) in [6.45, 7) is 3.29. The van der Waals surface area contributed by atoms with Crippen molar-refractivity contribution in [2.45, 2.75) is 25.8 Å². The van der Waals surface area contributed by atoms with Crippen LogP contribution in [0.25, 0.3) is 0 Å². The Morgan fingerprint density at radius 1 is 1.27 bits per heavy atom. The molecule has 7 heteroatoms. The van der Waals surface area contributed by atoms with Gasteiger partial charge in [0, 0.05) is 39.8 Å². The van der Waals surface area contributed by atoms with Crippen molar-refractivity contribution >= 4 is 11.9 Å². The molecule has 0 aliphatic carbocycles. The van der Waals surface area contributed by atoms with Crippen molar-refractivity contribution in [1.82, 2.24) is 15.1 Å². The summed E-state index contributed by atoms with van der Waals surface area (Å²) < 4.78 is 18.0. The maximum absolute atomic E-state index is 12.9. The van der Waals surface area contributed by atoms with E-state index in [1.807, 2.05) is 4.90 Å². The molecule has 2 fully saturated rings. The van der Waals surface area contributed by atoms with E-state index in [-0.39, 0.29) is 17.8 Å². The van der Waals surface area contributed by atoms with Gasteiger partial charge in [-0.15, -0.1) is 0 Å². The number of likely N-dealkylation sites (tertiary alicyclic amines) is 2. The zero-order valence-corrected chi connectivity index (χ0v) is 15.2. The van der Waals surface area contributed by atoms with Gasteiger partial charge < -0.3 is 19.9 Å².